The zero-order valence-corrected chi connectivity index (χ0v) is 20.7. The molecule has 1 amide bonds. The summed E-state index contributed by atoms with van der Waals surface area (Å²) >= 11 is 1.90. The van der Waals surface area contributed by atoms with Gasteiger partial charge in [-0.2, -0.15) is 0 Å². The van der Waals surface area contributed by atoms with Crippen LogP contribution in [0, 0.1) is 6.92 Å². The molecule has 0 bridgehead atoms. The molecule has 1 aliphatic heterocycles. The Morgan fingerprint density at radius 3 is 2.61 bits per heavy atom. The van der Waals surface area contributed by atoms with Crippen LogP contribution in [0.3, 0.4) is 0 Å². The first-order valence-corrected chi connectivity index (χ1v) is 13.4. The van der Waals surface area contributed by atoms with Gasteiger partial charge in [0.2, 0.25) is 0 Å². The van der Waals surface area contributed by atoms with Crippen LogP contribution < -0.4 is 4.90 Å². The molecule has 1 aromatic carbocycles. The SMILES string of the molecule is CCCCc1nc(N2CCN(C(=O)c3ccccc3C)CC2)c2c3c(sc2n1)CCCCC3. The first kappa shape index (κ1) is 22.3. The molecule has 1 saturated heterocycles. The van der Waals surface area contributed by atoms with Gasteiger partial charge in [-0.3, -0.25) is 4.79 Å². The van der Waals surface area contributed by atoms with Crippen molar-refractivity contribution >= 4 is 33.3 Å². The van der Waals surface area contributed by atoms with E-state index < -0.39 is 0 Å². The number of piperazine rings is 1. The first-order chi connectivity index (χ1) is 16.2. The molecular formula is C27H34N4OS. The molecule has 0 atom stereocenters. The average molecular weight is 463 g/mol. The number of anilines is 1. The van der Waals surface area contributed by atoms with E-state index in [1.54, 1.807) is 0 Å². The first-order valence-electron chi connectivity index (χ1n) is 12.6. The topological polar surface area (TPSA) is 49.3 Å². The molecule has 2 aliphatic rings. The molecule has 5 rings (SSSR count). The smallest absolute Gasteiger partial charge is 0.254 e. The second-order valence-corrected chi connectivity index (χ2v) is 10.5. The zero-order chi connectivity index (χ0) is 22.8. The molecule has 1 aliphatic carbocycles. The Kier molecular flexibility index (Phi) is 6.63. The second-order valence-electron chi connectivity index (χ2n) is 9.41. The van der Waals surface area contributed by atoms with Crippen molar-refractivity contribution < 1.29 is 4.79 Å². The van der Waals surface area contributed by atoms with Gasteiger partial charge in [0.1, 0.15) is 16.5 Å². The highest BCUT2D eigenvalue weighted by Gasteiger charge is 2.27. The van der Waals surface area contributed by atoms with Gasteiger partial charge in [-0.15, -0.1) is 11.3 Å². The highest BCUT2D eigenvalue weighted by atomic mass is 32.1. The van der Waals surface area contributed by atoms with Gasteiger partial charge in [-0.25, -0.2) is 9.97 Å². The maximum atomic E-state index is 13.1. The van der Waals surface area contributed by atoms with Crippen molar-refractivity contribution in [1.82, 2.24) is 14.9 Å². The Balaban J connectivity index is 1.43. The minimum atomic E-state index is 0.147. The van der Waals surface area contributed by atoms with Crippen LogP contribution in [0.5, 0.6) is 0 Å². The van der Waals surface area contributed by atoms with Crippen molar-refractivity contribution in [3.8, 4) is 0 Å². The summed E-state index contributed by atoms with van der Waals surface area (Å²) in [6.45, 7) is 7.34. The van der Waals surface area contributed by atoms with Crippen LogP contribution in [0.15, 0.2) is 24.3 Å². The molecule has 5 nitrogen and oxygen atoms in total. The molecule has 3 aromatic rings. The van der Waals surface area contributed by atoms with Gasteiger partial charge in [0.05, 0.1) is 5.39 Å². The number of amides is 1. The Labute approximate surface area is 200 Å². The number of hydrogen-bond acceptors (Lipinski definition) is 5. The number of unbranched alkanes of at least 4 members (excludes halogenated alkanes) is 1. The summed E-state index contributed by atoms with van der Waals surface area (Å²) < 4.78 is 0. The Morgan fingerprint density at radius 1 is 1.03 bits per heavy atom. The molecule has 1 fully saturated rings. The van der Waals surface area contributed by atoms with Gasteiger partial charge in [-0.05, 0) is 56.2 Å². The molecule has 0 saturated carbocycles. The van der Waals surface area contributed by atoms with E-state index in [1.165, 1.54) is 46.3 Å². The maximum Gasteiger partial charge on any atom is 0.254 e. The van der Waals surface area contributed by atoms with Gasteiger partial charge in [0.15, 0.2) is 0 Å². The molecule has 6 heteroatoms. The highest BCUT2D eigenvalue weighted by molar-refractivity contribution is 7.19. The summed E-state index contributed by atoms with van der Waals surface area (Å²) in [7, 11) is 0. The number of nitrogens with zero attached hydrogens (tertiary/aromatic N) is 4. The number of rotatable bonds is 5. The van der Waals surface area contributed by atoms with Gasteiger partial charge in [0.25, 0.3) is 5.91 Å². The van der Waals surface area contributed by atoms with Crippen molar-refractivity contribution in [2.24, 2.45) is 0 Å². The van der Waals surface area contributed by atoms with Crippen LogP contribution in [-0.4, -0.2) is 47.0 Å². The van der Waals surface area contributed by atoms with Crippen LogP contribution in [0.25, 0.3) is 10.2 Å². The van der Waals surface area contributed by atoms with Crippen LogP contribution in [0.2, 0.25) is 0 Å². The minimum Gasteiger partial charge on any atom is -0.352 e. The highest BCUT2D eigenvalue weighted by Crippen LogP contribution is 2.39. The molecule has 0 unspecified atom stereocenters. The molecule has 0 spiro atoms. The van der Waals surface area contributed by atoms with Gasteiger partial charge in [-0.1, -0.05) is 38.0 Å². The Morgan fingerprint density at radius 2 is 1.82 bits per heavy atom. The number of hydrogen-bond donors (Lipinski definition) is 0. The fourth-order valence-corrected chi connectivity index (χ4v) is 6.41. The van der Waals surface area contributed by atoms with E-state index in [4.69, 9.17) is 9.97 Å². The van der Waals surface area contributed by atoms with Crippen molar-refractivity contribution in [1.29, 1.82) is 0 Å². The quantitative estimate of drug-likeness (QED) is 0.465. The Hall–Kier alpha value is -2.47. The summed E-state index contributed by atoms with van der Waals surface area (Å²) in [6.07, 6.45) is 9.39. The summed E-state index contributed by atoms with van der Waals surface area (Å²) in [4.78, 5) is 30.4. The number of carbonyl (C=O) groups is 1. The largest absolute Gasteiger partial charge is 0.352 e. The average Bonchev–Trinajstić information content (AvgIpc) is 3.02. The number of fused-ring (bicyclic) bond motifs is 3. The van der Waals surface area contributed by atoms with E-state index in [1.807, 2.05) is 47.4 Å². The minimum absolute atomic E-state index is 0.147. The summed E-state index contributed by atoms with van der Waals surface area (Å²) in [5.41, 5.74) is 3.37. The zero-order valence-electron chi connectivity index (χ0n) is 19.9. The molecule has 174 valence electrons. The predicted molar refractivity (Wildman–Crippen MR) is 137 cm³/mol. The Bertz CT molecular complexity index is 1150. The fourth-order valence-electron chi connectivity index (χ4n) is 5.14. The molecule has 0 N–H and O–H groups in total. The molecule has 0 radical (unpaired) electrons. The third-order valence-electron chi connectivity index (χ3n) is 7.09. The van der Waals surface area contributed by atoms with Crippen LogP contribution >= 0.6 is 11.3 Å². The van der Waals surface area contributed by atoms with Crippen molar-refractivity contribution in [3.05, 3.63) is 51.7 Å². The van der Waals surface area contributed by atoms with Gasteiger partial charge >= 0.3 is 0 Å². The number of carbonyl (C=O) groups excluding carboxylic acids is 1. The number of aromatic nitrogens is 2. The van der Waals surface area contributed by atoms with Crippen LogP contribution in [0.1, 0.15) is 71.2 Å². The lowest BCUT2D eigenvalue weighted by atomic mass is 10.1. The van der Waals surface area contributed by atoms with E-state index in [2.05, 4.69) is 11.8 Å². The van der Waals surface area contributed by atoms with Crippen molar-refractivity contribution in [2.45, 2.75) is 65.2 Å². The normalized spacial score (nSPS) is 16.7. The number of benzene rings is 1. The standard InChI is InChI=1S/C27H34N4OS/c1-3-4-14-23-28-25(24-21-12-6-5-7-13-22(21)33-26(24)29-23)30-15-17-31(18-16-30)27(32)20-11-9-8-10-19(20)2/h8-11H,3-7,12-18H2,1-2H3. The lowest BCUT2D eigenvalue weighted by Gasteiger charge is -2.36. The van der Waals surface area contributed by atoms with Crippen LogP contribution in [-0.2, 0) is 19.3 Å². The summed E-state index contributed by atoms with van der Waals surface area (Å²) in [5, 5.41) is 1.30. The lowest BCUT2D eigenvalue weighted by Crippen LogP contribution is -2.49. The van der Waals surface area contributed by atoms with E-state index >= 15 is 0 Å². The van der Waals surface area contributed by atoms with Crippen molar-refractivity contribution in [3.63, 3.8) is 0 Å². The van der Waals surface area contributed by atoms with Crippen LogP contribution in [0.4, 0.5) is 5.82 Å². The van der Waals surface area contributed by atoms with E-state index in [-0.39, 0.29) is 5.91 Å². The summed E-state index contributed by atoms with van der Waals surface area (Å²) in [5.74, 6) is 2.25. The monoisotopic (exact) mass is 462 g/mol. The second kappa shape index (κ2) is 9.80. The van der Waals surface area contributed by atoms with Gasteiger partial charge in [0, 0.05) is 43.0 Å². The van der Waals surface area contributed by atoms with Crippen molar-refractivity contribution in [2.75, 3.05) is 31.1 Å². The molecular weight excluding hydrogens is 428 g/mol. The molecule has 3 heterocycles. The summed E-state index contributed by atoms with van der Waals surface area (Å²) in [6, 6.07) is 7.90. The van der Waals surface area contributed by atoms with E-state index in [9.17, 15) is 4.79 Å². The lowest BCUT2D eigenvalue weighted by molar-refractivity contribution is 0.0746. The van der Waals surface area contributed by atoms with E-state index in [0.717, 1.165) is 74.6 Å². The predicted octanol–water partition coefficient (Wildman–Crippen LogP) is 5.57. The fraction of sp³-hybridized carbons (Fsp3) is 0.519. The number of aryl methyl sites for hydroxylation is 4. The maximum absolute atomic E-state index is 13.1. The third-order valence-corrected chi connectivity index (χ3v) is 8.27. The van der Waals surface area contributed by atoms with Gasteiger partial charge < -0.3 is 9.80 Å². The third kappa shape index (κ3) is 4.50. The van der Waals surface area contributed by atoms with E-state index in [0.29, 0.717) is 0 Å². The number of thiophene rings is 1. The molecule has 2 aromatic heterocycles. The molecule has 33 heavy (non-hydrogen) atoms.